The van der Waals surface area contributed by atoms with Crippen molar-refractivity contribution in [3.63, 3.8) is 0 Å². The van der Waals surface area contributed by atoms with Crippen LogP contribution < -0.4 is 5.32 Å². The molecule has 1 aromatic heterocycles. The van der Waals surface area contributed by atoms with Crippen molar-refractivity contribution in [2.45, 2.75) is 13.0 Å². The normalized spacial score (nSPS) is 11.8. The van der Waals surface area contributed by atoms with Crippen LogP contribution in [0.25, 0.3) is 10.9 Å². The van der Waals surface area contributed by atoms with Gasteiger partial charge in [0.05, 0.1) is 11.6 Å². The predicted octanol–water partition coefficient (Wildman–Crippen LogP) is 2.37. The molecular formula is C14H12N2O2. The molecule has 0 fully saturated rings. The number of pyridine rings is 1. The molecule has 0 spiro atoms. The molecule has 1 atom stereocenters. The van der Waals surface area contributed by atoms with E-state index in [-0.39, 0.29) is 11.6 Å². The van der Waals surface area contributed by atoms with Gasteiger partial charge in [0.1, 0.15) is 11.4 Å². The molecule has 2 rings (SSSR count). The fourth-order valence-corrected chi connectivity index (χ4v) is 1.64. The van der Waals surface area contributed by atoms with Gasteiger partial charge in [0, 0.05) is 5.39 Å². The summed E-state index contributed by atoms with van der Waals surface area (Å²) in [6.45, 7) is 1.77. The minimum atomic E-state index is -1.03. The van der Waals surface area contributed by atoms with Gasteiger partial charge in [0.15, 0.2) is 0 Å². The number of carboxylic acid groups (broad SMARTS) is 1. The molecule has 0 aliphatic carbocycles. The lowest BCUT2D eigenvalue weighted by atomic mass is 10.1. The molecule has 0 saturated heterocycles. The summed E-state index contributed by atoms with van der Waals surface area (Å²) in [7, 11) is 0. The van der Waals surface area contributed by atoms with Crippen LogP contribution in [0.5, 0.6) is 0 Å². The average molecular weight is 240 g/mol. The van der Waals surface area contributed by atoms with Crippen LogP contribution >= 0.6 is 0 Å². The first-order chi connectivity index (χ1) is 8.61. The van der Waals surface area contributed by atoms with Crippen molar-refractivity contribution >= 4 is 22.7 Å². The van der Waals surface area contributed by atoms with Crippen LogP contribution in [0, 0.1) is 12.3 Å². The molecule has 18 heavy (non-hydrogen) atoms. The summed E-state index contributed by atoms with van der Waals surface area (Å²) in [6, 6.07) is 8.65. The molecule has 1 heterocycles. The first-order valence-electron chi connectivity index (χ1n) is 5.47. The smallest absolute Gasteiger partial charge is 0.339 e. The summed E-state index contributed by atoms with van der Waals surface area (Å²) in [5, 5.41) is 12.9. The molecule has 90 valence electrons. The highest BCUT2D eigenvalue weighted by atomic mass is 16.4. The zero-order chi connectivity index (χ0) is 13.1. The average Bonchev–Trinajstić information content (AvgIpc) is 2.37. The van der Waals surface area contributed by atoms with Gasteiger partial charge in [0.25, 0.3) is 0 Å². The van der Waals surface area contributed by atoms with Crippen LogP contribution in [-0.4, -0.2) is 22.1 Å². The number of anilines is 1. The van der Waals surface area contributed by atoms with Crippen molar-refractivity contribution in [3.05, 3.63) is 35.9 Å². The van der Waals surface area contributed by atoms with Gasteiger partial charge in [-0.2, -0.15) is 0 Å². The largest absolute Gasteiger partial charge is 0.478 e. The third kappa shape index (κ3) is 2.25. The van der Waals surface area contributed by atoms with Crippen molar-refractivity contribution in [2.24, 2.45) is 0 Å². The molecule has 0 aliphatic rings. The number of benzene rings is 1. The van der Waals surface area contributed by atoms with Crippen molar-refractivity contribution in [1.29, 1.82) is 0 Å². The van der Waals surface area contributed by atoms with Gasteiger partial charge < -0.3 is 10.4 Å². The molecule has 2 aromatic rings. The van der Waals surface area contributed by atoms with Gasteiger partial charge in [-0.3, -0.25) is 0 Å². The maximum absolute atomic E-state index is 11.2. The molecule has 0 amide bonds. The SMILES string of the molecule is C#CC(C)Nc1nc2ccccc2cc1C(=O)O. The highest BCUT2D eigenvalue weighted by Crippen LogP contribution is 2.21. The standard InChI is InChI=1S/C14H12N2O2/c1-3-9(2)15-13-11(14(17)18)8-10-6-4-5-7-12(10)16-13/h1,4-9H,2H3,(H,15,16)(H,17,18). The Bertz CT molecular complexity index is 644. The lowest BCUT2D eigenvalue weighted by molar-refractivity contribution is 0.0698. The number of para-hydroxylation sites is 1. The minimum Gasteiger partial charge on any atom is -0.478 e. The molecule has 4 nitrogen and oxygen atoms in total. The molecule has 0 saturated carbocycles. The number of aromatic carboxylic acids is 1. The molecule has 0 radical (unpaired) electrons. The number of hydrogen-bond acceptors (Lipinski definition) is 3. The van der Waals surface area contributed by atoms with E-state index in [0.29, 0.717) is 5.82 Å². The second-order valence-corrected chi connectivity index (χ2v) is 3.92. The fraction of sp³-hybridized carbons (Fsp3) is 0.143. The van der Waals surface area contributed by atoms with E-state index in [2.05, 4.69) is 16.2 Å². The van der Waals surface area contributed by atoms with E-state index in [9.17, 15) is 9.90 Å². The van der Waals surface area contributed by atoms with Gasteiger partial charge in [0.2, 0.25) is 0 Å². The van der Waals surface area contributed by atoms with Crippen molar-refractivity contribution in [3.8, 4) is 12.3 Å². The van der Waals surface area contributed by atoms with Gasteiger partial charge in [-0.05, 0) is 19.1 Å². The lowest BCUT2D eigenvalue weighted by Crippen LogP contribution is -2.16. The maximum atomic E-state index is 11.2. The van der Waals surface area contributed by atoms with E-state index < -0.39 is 5.97 Å². The van der Waals surface area contributed by atoms with Gasteiger partial charge in [-0.1, -0.05) is 24.1 Å². The molecule has 0 bridgehead atoms. The van der Waals surface area contributed by atoms with E-state index in [1.165, 1.54) is 0 Å². The maximum Gasteiger partial charge on any atom is 0.339 e. The second kappa shape index (κ2) is 4.76. The Kier molecular flexibility index (Phi) is 3.16. The lowest BCUT2D eigenvalue weighted by Gasteiger charge is -2.12. The Morgan fingerprint density at radius 2 is 2.22 bits per heavy atom. The zero-order valence-electron chi connectivity index (χ0n) is 9.84. The number of hydrogen-bond donors (Lipinski definition) is 2. The van der Waals surface area contributed by atoms with Crippen LogP contribution in [0.1, 0.15) is 17.3 Å². The molecule has 0 aliphatic heterocycles. The Labute approximate surface area is 105 Å². The highest BCUT2D eigenvalue weighted by molar-refractivity contribution is 5.98. The summed E-state index contributed by atoms with van der Waals surface area (Å²) in [5.74, 6) is 1.75. The van der Waals surface area contributed by atoms with Crippen LogP contribution in [0.15, 0.2) is 30.3 Å². The van der Waals surface area contributed by atoms with Gasteiger partial charge in [-0.15, -0.1) is 6.42 Å². The Morgan fingerprint density at radius 1 is 1.50 bits per heavy atom. The molecule has 1 unspecified atom stereocenters. The van der Waals surface area contributed by atoms with Crippen LogP contribution in [-0.2, 0) is 0 Å². The number of nitrogens with zero attached hydrogens (tertiary/aromatic N) is 1. The van der Waals surface area contributed by atoms with Crippen molar-refractivity contribution in [2.75, 3.05) is 5.32 Å². The first-order valence-corrected chi connectivity index (χ1v) is 5.47. The van der Waals surface area contributed by atoms with E-state index in [0.717, 1.165) is 10.9 Å². The number of carbonyl (C=O) groups is 1. The summed E-state index contributed by atoms with van der Waals surface area (Å²) in [6.07, 6.45) is 5.27. The van der Waals surface area contributed by atoms with E-state index in [1.807, 2.05) is 24.3 Å². The van der Waals surface area contributed by atoms with Crippen LogP contribution in [0.2, 0.25) is 0 Å². The predicted molar refractivity (Wildman–Crippen MR) is 70.6 cm³/mol. The molecule has 2 N–H and O–H groups in total. The summed E-state index contributed by atoms with van der Waals surface area (Å²) in [4.78, 5) is 15.5. The summed E-state index contributed by atoms with van der Waals surface area (Å²) in [5.41, 5.74) is 0.852. The monoisotopic (exact) mass is 240 g/mol. The van der Waals surface area contributed by atoms with Crippen LogP contribution in [0.4, 0.5) is 5.82 Å². The highest BCUT2D eigenvalue weighted by Gasteiger charge is 2.14. The third-order valence-electron chi connectivity index (χ3n) is 2.56. The molecule has 4 heteroatoms. The van der Waals surface area contributed by atoms with Crippen LogP contribution in [0.3, 0.4) is 0 Å². The second-order valence-electron chi connectivity index (χ2n) is 3.92. The van der Waals surface area contributed by atoms with Gasteiger partial charge >= 0.3 is 5.97 Å². The third-order valence-corrected chi connectivity index (χ3v) is 2.56. The Balaban J connectivity index is 2.58. The Morgan fingerprint density at radius 3 is 2.89 bits per heavy atom. The Hall–Kier alpha value is -2.54. The first kappa shape index (κ1) is 11.9. The zero-order valence-corrected chi connectivity index (χ0v) is 9.84. The van der Waals surface area contributed by atoms with E-state index in [4.69, 9.17) is 6.42 Å². The summed E-state index contributed by atoms with van der Waals surface area (Å²) < 4.78 is 0. The van der Waals surface area contributed by atoms with E-state index in [1.54, 1.807) is 13.0 Å². The van der Waals surface area contributed by atoms with Gasteiger partial charge in [-0.25, -0.2) is 9.78 Å². The minimum absolute atomic E-state index is 0.121. The number of aromatic nitrogens is 1. The topological polar surface area (TPSA) is 62.2 Å². The number of rotatable bonds is 3. The fourth-order valence-electron chi connectivity index (χ4n) is 1.64. The van der Waals surface area contributed by atoms with Crippen molar-refractivity contribution < 1.29 is 9.90 Å². The number of carboxylic acids is 1. The number of terminal acetylenes is 1. The van der Waals surface area contributed by atoms with Crippen molar-refractivity contribution in [1.82, 2.24) is 4.98 Å². The van der Waals surface area contributed by atoms with E-state index >= 15 is 0 Å². The summed E-state index contributed by atoms with van der Waals surface area (Å²) >= 11 is 0. The molecular weight excluding hydrogens is 228 g/mol. The number of fused-ring (bicyclic) bond motifs is 1. The quantitative estimate of drug-likeness (QED) is 0.808. The number of nitrogens with one attached hydrogen (secondary N) is 1. The molecule has 1 aromatic carbocycles.